The molecular weight excluding hydrogens is 208 g/mol. The highest BCUT2D eigenvalue weighted by molar-refractivity contribution is 6.02. The summed E-state index contributed by atoms with van der Waals surface area (Å²) < 4.78 is 5.01. The van der Waals surface area contributed by atoms with Gasteiger partial charge in [0.25, 0.3) is 5.71 Å². The van der Waals surface area contributed by atoms with Crippen molar-refractivity contribution in [3.8, 4) is 0 Å². The molecule has 0 aliphatic rings. The molecule has 2 aromatic heterocycles. The van der Waals surface area contributed by atoms with Crippen molar-refractivity contribution in [1.29, 1.82) is 0 Å². The van der Waals surface area contributed by atoms with E-state index in [1.54, 1.807) is 13.0 Å². The minimum Gasteiger partial charge on any atom is -0.478 e. The average molecular weight is 220 g/mol. The number of carboxylic acids is 1. The van der Waals surface area contributed by atoms with Crippen LogP contribution in [0.1, 0.15) is 41.5 Å². The number of fused-ring (bicyclic) bond motifs is 1. The maximum absolute atomic E-state index is 11.1. The van der Waals surface area contributed by atoms with Crippen molar-refractivity contribution in [2.45, 2.75) is 26.7 Å². The van der Waals surface area contributed by atoms with Crippen molar-refractivity contribution in [2.75, 3.05) is 0 Å². The first-order valence-electron chi connectivity index (χ1n) is 5.01. The Kier molecular flexibility index (Phi) is 2.38. The second-order valence-corrected chi connectivity index (χ2v) is 4.00. The van der Waals surface area contributed by atoms with Gasteiger partial charge in [0.2, 0.25) is 0 Å². The van der Waals surface area contributed by atoms with Gasteiger partial charge < -0.3 is 9.63 Å². The smallest absolute Gasteiger partial charge is 0.336 e. The van der Waals surface area contributed by atoms with Gasteiger partial charge in [-0.05, 0) is 18.9 Å². The highest BCUT2D eigenvalue weighted by Crippen LogP contribution is 2.24. The highest BCUT2D eigenvalue weighted by atomic mass is 16.5. The van der Waals surface area contributed by atoms with Crippen LogP contribution in [0.2, 0.25) is 0 Å². The van der Waals surface area contributed by atoms with Crippen LogP contribution >= 0.6 is 0 Å². The van der Waals surface area contributed by atoms with Gasteiger partial charge in [-0.15, -0.1) is 0 Å². The molecular formula is C11H12N2O3. The molecule has 0 spiro atoms. The van der Waals surface area contributed by atoms with Gasteiger partial charge >= 0.3 is 5.97 Å². The minimum atomic E-state index is -0.986. The number of aromatic carboxylic acids is 1. The summed E-state index contributed by atoms with van der Waals surface area (Å²) in [6.45, 7) is 5.60. The van der Waals surface area contributed by atoms with E-state index in [0.717, 1.165) is 0 Å². The lowest BCUT2D eigenvalue weighted by atomic mass is 10.0. The summed E-state index contributed by atoms with van der Waals surface area (Å²) in [6.07, 6.45) is 0. The predicted octanol–water partition coefficient (Wildman–Crippen LogP) is 2.35. The van der Waals surface area contributed by atoms with Crippen LogP contribution in [0, 0.1) is 6.92 Å². The fraction of sp³-hybridized carbons (Fsp3) is 0.364. The van der Waals surface area contributed by atoms with Crippen LogP contribution in [0.3, 0.4) is 0 Å². The first-order valence-corrected chi connectivity index (χ1v) is 5.01. The number of aromatic nitrogens is 2. The zero-order chi connectivity index (χ0) is 11.9. The van der Waals surface area contributed by atoms with Gasteiger partial charge in [0.1, 0.15) is 0 Å². The fourth-order valence-corrected chi connectivity index (χ4v) is 1.58. The second kappa shape index (κ2) is 3.59. The Morgan fingerprint density at radius 3 is 2.75 bits per heavy atom. The zero-order valence-electron chi connectivity index (χ0n) is 9.31. The Morgan fingerprint density at radius 2 is 2.19 bits per heavy atom. The summed E-state index contributed by atoms with van der Waals surface area (Å²) in [5, 5.41) is 13.4. The summed E-state index contributed by atoms with van der Waals surface area (Å²) in [5.41, 5.74) is 1.74. The molecule has 84 valence electrons. The SMILES string of the molecule is Cc1noc2nc(C(C)C)cc(C(=O)O)c12. The van der Waals surface area contributed by atoms with Gasteiger partial charge in [0, 0.05) is 5.69 Å². The van der Waals surface area contributed by atoms with E-state index in [2.05, 4.69) is 10.1 Å². The Labute approximate surface area is 92.1 Å². The van der Waals surface area contributed by atoms with Crippen molar-refractivity contribution in [3.05, 3.63) is 23.0 Å². The quantitative estimate of drug-likeness (QED) is 0.840. The third kappa shape index (κ3) is 1.54. The molecule has 0 radical (unpaired) electrons. The summed E-state index contributed by atoms with van der Waals surface area (Å²) in [5.74, 6) is -0.839. The van der Waals surface area contributed by atoms with Crippen molar-refractivity contribution in [1.82, 2.24) is 10.1 Å². The first kappa shape index (κ1) is 10.6. The maximum Gasteiger partial charge on any atom is 0.336 e. The molecule has 0 saturated carbocycles. The van der Waals surface area contributed by atoms with Crippen molar-refractivity contribution in [3.63, 3.8) is 0 Å². The Morgan fingerprint density at radius 1 is 1.50 bits per heavy atom. The lowest BCUT2D eigenvalue weighted by Crippen LogP contribution is -2.02. The molecule has 0 aliphatic heterocycles. The number of carboxylic acid groups (broad SMARTS) is 1. The largest absolute Gasteiger partial charge is 0.478 e. The minimum absolute atomic E-state index is 0.146. The second-order valence-electron chi connectivity index (χ2n) is 4.00. The summed E-state index contributed by atoms with van der Waals surface area (Å²) in [4.78, 5) is 15.4. The topological polar surface area (TPSA) is 76.2 Å². The third-order valence-corrected chi connectivity index (χ3v) is 2.46. The van der Waals surface area contributed by atoms with Crippen molar-refractivity contribution >= 4 is 17.1 Å². The molecule has 0 aliphatic carbocycles. The lowest BCUT2D eigenvalue weighted by Gasteiger charge is -2.05. The van der Waals surface area contributed by atoms with Crippen LogP contribution in [-0.4, -0.2) is 21.2 Å². The number of pyridine rings is 1. The summed E-state index contributed by atoms with van der Waals surface area (Å²) in [7, 11) is 0. The van der Waals surface area contributed by atoms with E-state index in [1.807, 2.05) is 13.8 Å². The molecule has 0 unspecified atom stereocenters. The number of carbonyl (C=O) groups is 1. The highest BCUT2D eigenvalue weighted by Gasteiger charge is 2.18. The number of hydrogen-bond acceptors (Lipinski definition) is 4. The normalized spacial score (nSPS) is 11.2. The van der Waals surface area contributed by atoms with E-state index in [1.165, 1.54) is 0 Å². The van der Waals surface area contributed by atoms with Crippen LogP contribution in [0.4, 0.5) is 0 Å². The molecule has 0 amide bonds. The fourth-order valence-electron chi connectivity index (χ4n) is 1.58. The molecule has 1 N–H and O–H groups in total. The van der Waals surface area contributed by atoms with E-state index >= 15 is 0 Å². The van der Waals surface area contributed by atoms with Crippen LogP contribution in [0.25, 0.3) is 11.1 Å². The number of nitrogens with zero attached hydrogens (tertiary/aromatic N) is 2. The molecule has 0 aromatic carbocycles. The molecule has 16 heavy (non-hydrogen) atoms. The van der Waals surface area contributed by atoms with Crippen molar-refractivity contribution < 1.29 is 14.4 Å². The van der Waals surface area contributed by atoms with E-state index in [-0.39, 0.29) is 11.5 Å². The van der Waals surface area contributed by atoms with Gasteiger partial charge in [0.05, 0.1) is 16.6 Å². The lowest BCUT2D eigenvalue weighted by molar-refractivity contribution is 0.0698. The third-order valence-electron chi connectivity index (χ3n) is 2.46. The molecule has 0 bridgehead atoms. The summed E-state index contributed by atoms with van der Waals surface area (Å²) in [6, 6.07) is 1.58. The molecule has 0 fully saturated rings. The zero-order valence-corrected chi connectivity index (χ0v) is 9.31. The molecule has 2 heterocycles. The molecule has 5 nitrogen and oxygen atoms in total. The number of hydrogen-bond donors (Lipinski definition) is 1. The Bertz CT molecular complexity index is 558. The Balaban J connectivity index is 2.81. The standard InChI is InChI=1S/C11H12N2O3/c1-5(2)8-4-7(11(14)15)9-6(3)13-16-10(9)12-8/h4-5H,1-3H3,(H,14,15). The van der Waals surface area contributed by atoms with Gasteiger partial charge in [-0.25, -0.2) is 9.78 Å². The van der Waals surface area contributed by atoms with E-state index in [4.69, 9.17) is 9.63 Å². The van der Waals surface area contributed by atoms with Crippen LogP contribution in [0.5, 0.6) is 0 Å². The molecule has 0 saturated heterocycles. The first-order chi connectivity index (χ1) is 7.50. The molecule has 0 atom stereocenters. The van der Waals surface area contributed by atoms with Crippen LogP contribution in [-0.2, 0) is 0 Å². The van der Waals surface area contributed by atoms with E-state index < -0.39 is 5.97 Å². The predicted molar refractivity (Wildman–Crippen MR) is 57.6 cm³/mol. The number of rotatable bonds is 2. The summed E-state index contributed by atoms with van der Waals surface area (Å²) >= 11 is 0. The number of aryl methyl sites for hydroxylation is 1. The Hall–Kier alpha value is -1.91. The molecule has 2 aromatic rings. The van der Waals surface area contributed by atoms with E-state index in [9.17, 15) is 4.79 Å². The van der Waals surface area contributed by atoms with Gasteiger partial charge in [-0.2, -0.15) is 0 Å². The van der Waals surface area contributed by atoms with Crippen LogP contribution in [0.15, 0.2) is 10.6 Å². The van der Waals surface area contributed by atoms with Gasteiger partial charge in [-0.1, -0.05) is 19.0 Å². The van der Waals surface area contributed by atoms with Gasteiger partial charge in [0.15, 0.2) is 0 Å². The van der Waals surface area contributed by atoms with Crippen molar-refractivity contribution in [2.24, 2.45) is 0 Å². The molecule has 5 heteroatoms. The van der Waals surface area contributed by atoms with Crippen LogP contribution < -0.4 is 0 Å². The van der Waals surface area contributed by atoms with Gasteiger partial charge in [-0.3, -0.25) is 0 Å². The van der Waals surface area contributed by atoms with E-state index in [0.29, 0.717) is 22.5 Å². The average Bonchev–Trinajstić information content (AvgIpc) is 2.59. The molecule has 2 rings (SSSR count). The monoisotopic (exact) mass is 220 g/mol. The maximum atomic E-state index is 11.1.